The monoisotopic (exact) mass is 394 g/mol. The Hall–Kier alpha value is -1.64. The van der Waals surface area contributed by atoms with Crippen LogP contribution in [0.5, 0.6) is 0 Å². The second kappa shape index (κ2) is 7.41. The Labute approximate surface area is 161 Å². The van der Waals surface area contributed by atoms with Crippen molar-refractivity contribution >= 4 is 26.9 Å². The number of imidazole rings is 1. The molecule has 1 aliphatic heterocycles. The number of ether oxygens (including phenoxy) is 1. The van der Waals surface area contributed by atoms with Gasteiger partial charge < -0.3 is 9.30 Å². The van der Waals surface area contributed by atoms with E-state index in [1.807, 2.05) is 12.1 Å². The van der Waals surface area contributed by atoms with Gasteiger partial charge in [-0.05, 0) is 37.0 Å². The summed E-state index contributed by atoms with van der Waals surface area (Å²) in [4.78, 5) is 4.87. The average molecular weight is 395 g/mol. The van der Waals surface area contributed by atoms with Crippen LogP contribution in [0.15, 0.2) is 18.2 Å². The summed E-state index contributed by atoms with van der Waals surface area (Å²) >= 11 is 0. The molecule has 3 rings (SSSR count). The minimum absolute atomic E-state index is 0.104. The summed E-state index contributed by atoms with van der Waals surface area (Å²) in [5, 5.41) is 0. The fourth-order valence-corrected chi connectivity index (χ4v) is 3.99. The smallest absolute Gasteiger partial charge is 0.301 e. The molecular formula is C19H30N4O3S. The van der Waals surface area contributed by atoms with Crippen LogP contribution < -0.4 is 4.72 Å². The number of benzene rings is 1. The van der Waals surface area contributed by atoms with Crippen molar-refractivity contribution in [1.82, 2.24) is 13.9 Å². The minimum Gasteiger partial charge on any atom is -0.381 e. The van der Waals surface area contributed by atoms with Crippen LogP contribution in [-0.2, 0) is 26.9 Å². The third-order valence-electron chi connectivity index (χ3n) is 4.93. The molecule has 0 saturated carbocycles. The van der Waals surface area contributed by atoms with Gasteiger partial charge in [-0.25, -0.2) is 4.98 Å². The van der Waals surface area contributed by atoms with Crippen LogP contribution in [0.4, 0.5) is 5.69 Å². The Morgan fingerprint density at radius 3 is 2.52 bits per heavy atom. The fraction of sp³-hybridized carbons (Fsp3) is 0.632. The van der Waals surface area contributed by atoms with Crippen LogP contribution in [-0.4, -0.2) is 49.6 Å². The highest BCUT2D eigenvalue weighted by Gasteiger charge is 2.25. The molecule has 1 saturated heterocycles. The quantitative estimate of drug-likeness (QED) is 0.846. The van der Waals surface area contributed by atoms with Gasteiger partial charge in [-0.2, -0.15) is 12.7 Å². The first kappa shape index (κ1) is 20.1. The van der Waals surface area contributed by atoms with E-state index in [1.54, 1.807) is 6.07 Å². The Morgan fingerprint density at radius 1 is 1.26 bits per heavy atom. The average Bonchev–Trinajstić information content (AvgIpc) is 2.93. The first-order valence-corrected chi connectivity index (χ1v) is 10.8. The summed E-state index contributed by atoms with van der Waals surface area (Å²) in [6.07, 6.45) is 2.12. The van der Waals surface area contributed by atoms with Crippen molar-refractivity contribution in [1.29, 1.82) is 0 Å². The molecule has 8 heteroatoms. The molecule has 2 heterocycles. The van der Waals surface area contributed by atoms with E-state index in [-0.39, 0.29) is 5.41 Å². The number of rotatable bonds is 5. The molecule has 0 bridgehead atoms. The van der Waals surface area contributed by atoms with E-state index in [1.165, 1.54) is 14.1 Å². The number of anilines is 1. The molecule has 0 unspecified atom stereocenters. The van der Waals surface area contributed by atoms with Gasteiger partial charge in [-0.3, -0.25) is 4.72 Å². The summed E-state index contributed by atoms with van der Waals surface area (Å²) in [5.41, 5.74) is 2.27. The third-order valence-corrected chi connectivity index (χ3v) is 6.38. The summed E-state index contributed by atoms with van der Waals surface area (Å²) < 4.78 is 35.8. The Bertz CT molecular complexity index is 907. The van der Waals surface area contributed by atoms with Gasteiger partial charge in [-0.1, -0.05) is 20.8 Å². The first-order chi connectivity index (χ1) is 12.6. The zero-order valence-electron chi connectivity index (χ0n) is 16.8. The standard InChI is InChI=1S/C19H30N4O3S/c1-19(2,3)18-20-16-12-15(21-27(24,25)22(4)5)6-7-17(16)23(18)13-14-8-10-26-11-9-14/h6-7,12,14,21H,8-11,13H2,1-5H3. The fourth-order valence-electron chi connectivity index (χ4n) is 3.38. The van der Waals surface area contributed by atoms with Gasteiger partial charge in [0, 0.05) is 39.3 Å². The molecule has 27 heavy (non-hydrogen) atoms. The predicted molar refractivity (Wildman–Crippen MR) is 108 cm³/mol. The van der Waals surface area contributed by atoms with Crippen LogP contribution in [0.1, 0.15) is 39.4 Å². The van der Waals surface area contributed by atoms with Gasteiger partial charge >= 0.3 is 10.2 Å². The lowest BCUT2D eigenvalue weighted by atomic mass is 9.94. The molecule has 0 aliphatic carbocycles. The topological polar surface area (TPSA) is 76.5 Å². The number of aromatic nitrogens is 2. The maximum absolute atomic E-state index is 12.1. The molecule has 0 atom stereocenters. The van der Waals surface area contributed by atoms with E-state index in [2.05, 4.69) is 30.1 Å². The van der Waals surface area contributed by atoms with E-state index in [4.69, 9.17) is 9.72 Å². The highest BCUT2D eigenvalue weighted by molar-refractivity contribution is 7.90. The molecular weight excluding hydrogens is 364 g/mol. The van der Waals surface area contributed by atoms with Crippen LogP contribution in [0, 0.1) is 5.92 Å². The number of nitrogens with one attached hydrogen (secondary N) is 1. The van der Waals surface area contributed by atoms with Gasteiger partial charge in [0.2, 0.25) is 0 Å². The zero-order valence-corrected chi connectivity index (χ0v) is 17.6. The summed E-state index contributed by atoms with van der Waals surface area (Å²) in [5.74, 6) is 1.60. The van der Waals surface area contributed by atoms with Crippen LogP contribution >= 0.6 is 0 Å². The molecule has 1 aromatic heterocycles. The van der Waals surface area contributed by atoms with Crippen molar-refractivity contribution in [2.24, 2.45) is 5.92 Å². The molecule has 0 spiro atoms. The van der Waals surface area contributed by atoms with Gasteiger partial charge in [0.05, 0.1) is 16.7 Å². The van der Waals surface area contributed by atoms with E-state index >= 15 is 0 Å². The van der Waals surface area contributed by atoms with Crippen LogP contribution in [0.3, 0.4) is 0 Å². The molecule has 1 aliphatic rings. The summed E-state index contributed by atoms with van der Waals surface area (Å²) in [6, 6.07) is 5.58. The van der Waals surface area contributed by atoms with E-state index in [0.29, 0.717) is 11.6 Å². The van der Waals surface area contributed by atoms with Crippen molar-refractivity contribution in [3.8, 4) is 0 Å². The summed E-state index contributed by atoms with van der Waals surface area (Å²) in [7, 11) is -0.537. The van der Waals surface area contributed by atoms with Gasteiger partial charge in [-0.15, -0.1) is 0 Å². The number of hydrogen-bond donors (Lipinski definition) is 1. The molecule has 1 aromatic carbocycles. The normalized spacial score (nSPS) is 17.0. The SMILES string of the molecule is CN(C)S(=O)(=O)Nc1ccc2c(c1)nc(C(C)(C)C)n2CC1CCOCC1. The minimum atomic E-state index is -3.54. The Morgan fingerprint density at radius 2 is 1.93 bits per heavy atom. The molecule has 0 radical (unpaired) electrons. The van der Waals surface area contributed by atoms with E-state index in [0.717, 1.165) is 53.8 Å². The third kappa shape index (κ3) is 4.44. The number of fused-ring (bicyclic) bond motifs is 1. The highest BCUT2D eigenvalue weighted by atomic mass is 32.2. The number of nitrogens with zero attached hydrogens (tertiary/aromatic N) is 3. The van der Waals surface area contributed by atoms with Crippen LogP contribution in [0.2, 0.25) is 0 Å². The first-order valence-electron chi connectivity index (χ1n) is 9.37. The van der Waals surface area contributed by atoms with Crippen molar-refractivity contribution in [3.05, 3.63) is 24.0 Å². The van der Waals surface area contributed by atoms with Gasteiger partial charge in [0.25, 0.3) is 0 Å². The van der Waals surface area contributed by atoms with E-state index in [9.17, 15) is 8.42 Å². The molecule has 0 amide bonds. The Kier molecular flexibility index (Phi) is 5.52. The maximum Gasteiger partial charge on any atom is 0.301 e. The van der Waals surface area contributed by atoms with Crippen molar-refractivity contribution in [3.63, 3.8) is 0 Å². The zero-order chi connectivity index (χ0) is 19.8. The van der Waals surface area contributed by atoms with Gasteiger partial charge in [0.15, 0.2) is 0 Å². The molecule has 7 nitrogen and oxygen atoms in total. The molecule has 2 aromatic rings. The van der Waals surface area contributed by atoms with Crippen molar-refractivity contribution < 1.29 is 13.2 Å². The summed E-state index contributed by atoms with van der Waals surface area (Å²) in [6.45, 7) is 9.02. The highest BCUT2D eigenvalue weighted by Crippen LogP contribution is 2.30. The molecule has 150 valence electrons. The van der Waals surface area contributed by atoms with Crippen molar-refractivity contribution in [2.75, 3.05) is 32.0 Å². The predicted octanol–water partition coefficient (Wildman–Crippen LogP) is 2.98. The second-order valence-electron chi connectivity index (χ2n) is 8.44. The lowest BCUT2D eigenvalue weighted by Crippen LogP contribution is -2.28. The molecule has 1 N–H and O–H groups in total. The van der Waals surface area contributed by atoms with E-state index < -0.39 is 10.2 Å². The largest absolute Gasteiger partial charge is 0.381 e. The lowest BCUT2D eigenvalue weighted by molar-refractivity contribution is 0.0611. The van der Waals surface area contributed by atoms with Crippen LogP contribution in [0.25, 0.3) is 11.0 Å². The van der Waals surface area contributed by atoms with Crippen molar-refractivity contribution in [2.45, 2.75) is 45.6 Å². The molecule has 1 fully saturated rings. The Balaban J connectivity index is 2.00. The second-order valence-corrected chi connectivity index (χ2v) is 10.3. The lowest BCUT2D eigenvalue weighted by Gasteiger charge is -2.26. The maximum atomic E-state index is 12.1. The van der Waals surface area contributed by atoms with Gasteiger partial charge in [0.1, 0.15) is 5.82 Å². The number of hydrogen-bond acceptors (Lipinski definition) is 4.